The van der Waals surface area contributed by atoms with E-state index in [0.29, 0.717) is 33.8 Å². The molecule has 1 N–H and O–H groups in total. The maximum Gasteiger partial charge on any atom is 0.221 e. The van der Waals surface area contributed by atoms with Crippen LogP contribution in [0.2, 0.25) is 0 Å². The van der Waals surface area contributed by atoms with Crippen molar-refractivity contribution in [1.29, 1.82) is 0 Å². The van der Waals surface area contributed by atoms with Crippen molar-refractivity contribution in [2.75, 3.05) is 12.4 Å². The van der Waals surface area contributed by atoms with Crippen LogP contribution >= 0.6 is 0 Å². The molecule has 0 atom stereocenters. The predicted octanol–water partition coefficient (Wildman–Crippen LogP) is 4.13. The molecule has 6 heteroatoms. The molecule has 0 saturated heterocycles. The van der Waals surface area contributed by atoms with Crippen LogP contribution in [0.4, 0.5) is 10.1 Å². The van der Waals surface area contributed by atoms with Gasteiger partial charge in [-0.3, -0.25) is 9.78 Å². The average molecular weight is 326 g/mol. The summed E-state index contributed by atoms with van der Waals surface area (Å²) in [5.41, 5.74) is 1.17. The fourth-order valence-electron chi connectivity index (χ4n) is 2.33. The first kappa shape index (κ1) is 15.7. The summed E-state index contributed by atoms with van der Waals surface area (Å²) in [7, 11) is 1.52. The number of methoxy groups -OCH3 is 1. The smallest absolute Gasteiger partial charge is 0.221 e. The Bertz CT molecular complexity index is 912. The molecule has 0 fully saturated rings. The van der Waals surface area contributed by atoms with Gasteiger partial charge in [0.15, 0.2) is 0 Å². The van der Waals surface area contributed by atoms with Gasteiger partial charge in [0.2, 0.25) is 5.91 Å². The maximum absolute atomic E-state index is 13.5. The molecule has 0 unspecified atom stereocenters. The van der Waals surface area contributed by atoms with Crippen LogP contribution in [0.5, 0.6) is 17.2 Å². The van der Waals surface area contributed by atoms with Crippen molar-refractivity contribution in [3.05, 3.63) is 54.5 Å². The topological polar surface area (TPSA) is 60.5 Å². The number of pyridine rings is 1. The zero-order valence-electron chi connectivity index (χ0n) is 13.2. The molecule has 2 aromatic carbocycles. The number of anilines is 1. The van der Waals surface area contributed by atoms with E-state index in [4.69, 9.17) is 9.47 Å². The van der Waals surface area contributed by atoms with Crippen molar-refractivity contribution >= 4 is 22.5 Å². The Labute approximate surface area is 138 Å². The molecular weight excluding hydrogens is 311 g/mol. The SMILES string of the molecule is COc1cc(NC(C)=O)cc(Oc2ccnc3ccc(F)cc23)c1. The summed E-state index contributed by atoms with van der Waals surface area (Å²) in [6.45, 7) is 1.42. The first-order valence-corrected chi connectivity index (χ1v) is 7.24. The number of hydrogen-bond acceptors (Lipinski definition) is 4. The van der Waals surface area contributed by atoms with Gasteiger partial charge in [-0.05, 0) is 24.3 Å². The molecule has 0 bridgehead atoms. The summed E-state index contributed by atoms with van der Waals surface area (Å²) in [4.78, 5) is 15.4. The Morgan fingerprint density at radius 1 is 1.12 bits per heavy atom. The summed E-state index contributed by atoms with van der Waals surface area (Å²) < 4.78 is 24.6. The highest BCUT2D eigenvalue weighted by molar-refractivity contribution is 5.89. The van der Waals surface area contributed by atoms with Crippen molar-refractivity contribution < 1.29 is 18.7 Å². The summed E-state index contributed by atoms with van der Waals surface area (Å²) >= 11 is 0. The third-order valence-corrected chi connectivity index (χ3v) is 3.33. The number of halogens is 1. The van der Waals surface area contributed by atoms with Crippen molar-refractivity contribution in [2.45, 2.75) is 6.92 Å². The van der Waals surface area contributed by atoms with Gasteiger partial charge in [0.1, 0.15) is 23.1 Å². The zero-order chi connectivity index (χ0) is 17.1. The second-order valence-corrected chi connectivity index (χ2v) is 5.15. The van der Waals surface area contributed by atoms with Crippen molar-refractivity contribution in [1.82, 2.24) is 4.98 Å². The second-order valence-electron chi connectivity index (χ2n) is 5.15. The quantitative estimate of drug-likeness (QED) is 0.783. The van der Waals surface area contributed by atoms with Gasteiger partial charge in [0, 0.05) is 42.4 Å². The van der Waals surface area contributed by atoms with Crippen LogP contribution in [0.3, 0.4) is 0 Å². The molecule has 5 nitrogen and oxygen atoms in total. The lowest BCUT2D eigenvalue weighted by molar-refractivity contribution is -0.114. The number of benzene rings is 2. The first-order valence-electron chi connectivity index (χ1n) is 7.24. The molecular formula is C18H15FN2O3. The molecule has 0 aliphatic rings. The number of carbonyl (C=O) groups is 1. The van der Waals surface area contributed by atoms with Crippen LogP contribution in [0.15, 0.2) is 48.7 Å². The number of hydrogen-bond donors (Lipinski definition) is 1. The van der Waals surface area contributed by atoms with E-state index in [1.54, 1.807) is 36.5 Å². The molecule has 3 aromatic rings. The van der Waals surface area contributed by atoms with Crippen LogP contribution in [-0.4, -0.2) is 18.0 Å². The molecule has 1 aromatic heterocycles. The van der Waals surface area contributed by atoms with Gasteiger partial charge >= 0.3 is 0 Å². The van der Waals surface area contributed by atoms with E-state index >= 15 is 0 Å². The third kappa shape index (κ3) is 3.43. The molecule has 1 amide bonds. The molecule has 24 heavy (non-hydrogen) atoms. The van der Waals surface area contributed by atoms with Gasteiger partial charge in [0.25, 0.3) is 0 Å². The van der Waals surface area contributed by atoms with Crippen LogP contribution in [-0.2, 0) is 4.79 Å². The predicted molar refractivity (Wildman–Crippen MR) is 89.1 cm³/mol. The number of amides is 1. The number of nitrogens with zero attached hydrogens (tertiary/aromatic N) is 1. The fraction of sp³-hybridized carbons (Fsp3) is 0.111. The number of nitrogens with one attached hydrogen (secondary N) is 1. The molecule has 0 saturated carbocycles. The summed E-state index contributed by atoms with van der Waals surface area (Å²) in [5, 5.41) is 3.24. The highest BCUT2D eigenvalue weighted by atomic mass is 19.1. The fourth-order valence-corrected chi connectivity index (χ4v) is 2.33. The number of fused-ring (bicyclic) bond motifs is 1. The molecule has 122 valence electrons. The Morgan fingerprint density at radius 2 is 1.92 bits per heavy atom. The lowest BCUT2D eigenvalue weighted by Gasteiger charge is -2.12. The van der Waals surface area contributed by atoms with Crippen molar-refractivity contribution in [2.24, 2.45) is 0 Å². The monoisotopic (exact) mass is 326 g/mol. The summed E-state index contributed by atoms with van der Waals surface area (Å²) in [6, 6.07) is 11.0. The minimum absolute atomic E-state index is 0.203. The van der Waals surface area contributed by atoms with E-state index < -0.39 is 0 Å². The lowest BCUT2D eigenvalue weighted by Crippen LogP contribution is -2.06. The number of rotatable bonds is 4. The molecule has 0 aliphatic carbocycles. The maximum atomic E-state index is 13.5. The Kier molecular flexibility index (Phi) is 4.29. The van der Waals surface area contributed by atoms with E-state index in [1.165, 1.54) is 26.2 Å². The van der Waals surface area contributed by atoms with Crippen LogP contribution in [0.25, 0.3) is 10.9 Å². The Morgan fingerprint density at radius 3 is 2.67 bits per heavy atom. The number of ether oxygens (including phenoxy) is 2. The van der Waals surface area contributed by atoms with E-state index in [9.17, 15) is 9.18 Å². The summed E-state index contributed by atoms with van der Waals surface area (Å²) in [5.74, 6) is 0.868. The first-order chi connectivity index (χ1) is 11.5. The van der Waals surface area contributed by atoms with E-state index in [0.717, 1.165) is 0 Å². The second kappa shape index (κ2) is 6.54. The Balaban J connectivity index is 2.01. The molecule has 0 radical (unpaired) electrons. The Hall–Kier alpha value is -3.15. The molecule has 0 spiro atoms. The highest BCUT2D eigenvalue weighted by Gasteiger charge is 2.09. The van der Waals surface area contributed by atoms with Crippen molar-refractivity contribution in [3.63, 3.8) is 0 Å². The minimum atomic E-state index is -0.370. The zero-order valence-corrected chi connectivity index (χ0v) is 13.2. The van der Waals surface area contributed by atoms with Gasteiger partial charge < -0.3 is 14.8 Å². The van der Waals surface area contributed by atoms with E-state index in [-0.39, 0.29) is 11.7 Å². The highest BCUT2D eigenvalue weighted by Crippen LogP contribution is 2.33. The van der Waals surface area contributed by atoms with Crippen molar-refractivity contribution in [3.8, 4) is 17.2 Å². The average Bonchev–Trinajstić information content (AvgIpc) is 2.54. The number of carbonyl (C=O) groups excluding carboxylic acids is 1. The largest absolute Gasteiger partial charge is 0.497 e. The van der Waals surface area contributed by atoms with Gasteiger partial charge in [-0.1, -0.05) is 0 Å². The number of aromatic nitrogens is 1. The van der Waals surface area contributed by atoms with Crippen LogP contribution in [0, 0.1) is 5.82 Å². The van der Waals surface area contributed by atoms with Gasteiger partial charge in [-0.2, -0.15) is 0 Å². The standard InChI is InChI=1S/C18H15FN2O3/c1-11(22)21-13-8-14(23-2)10-15(9-13)24-18-5-6-20-17-4-3-12(19)7-16(17)18/h3-10H,1-2H3,(H,21,22). The molecule has 1 heterocycles. The minimum Gasteiger partial charge on any atom is -0.497 e. The lowest BCUT2D eigenvalue weighted by atomic mass is 10.2. The molecule has 0 aliphatic heterocycles. The van der Waals surface area contributed by atoms with Crippen LogP contribution < -0.4 is 14.8 Å². The normalized spacial score (nSPS) is 10.5. The summed E-state index contributed by atoms with van der Waals surface area (Å²) in [6.07, 6.45) is 1.59. The van der Waals surface area contributed by atoms with Gasteiger partial charge in [0.05, 0.1) is 12.6 Å². The van der Waals surface area contributed by atoms with Gasteiger partial charge in [-0.15, -0.1) is 0 Å². The van der Waals surface area contributed by atoms with E-state index in [2.05, 4.69) is 10.3 Å². The van der Waals surface area contributed by atoms with E-state index in [1.807, 2.05) is 0 Å². The third-order valence-electron chi connectivity index (χ3n) is 3.33. The van der Waals surface area contributed by atoms with Gasteiger partial charge in [-0.25, -0.2) is 4.39 Å². The molecule has 3 rings (SSSR count). The van der Waals surface area contributed by atoms with Crippen LogP contribution in [0.1, 0.15) is 6.92 Å².